The molecule has 0 aliphatic carbocycles. The number of hydrogen-bond acceptors (Lipinski definition) is 4. The lowest BCUT2D eigenvalue weighted by Gasteiger charge is -2.08. The van der Waals surface area contributed by atoms with E-state index in [9.17, 15) is 9.59 Å². The fraction of sp³-hybridized carbons (Fsp3) is 0.130. The maximum absolute atomic E-state index is 12.0. The van der Waals surface area contributed by atoms with Crippen molar-refractivity contribution in [3.05, 3.63) is 84.4 Å². The van der Waals surface area contributed by atoms with Crippen molar-refractivity contribution in [2.24, 2.45) is 0 Å². The van der Waals surface area contributed by atoms with Gasteiger partial charge in [0.15, 0.2) is 0 Å². The van der Waals surface area contributed by atoms with Crippen LogP contribution in [-0.4, -0.2) is 11.9 Å². The summed E-state index contributed by atoms with van der Waals surface area (Å²) in [6.07, 6.45) is 0.0574. The van der Waals surface area contributed by atoms with E-state index in [0.29, 0.717) is 17.2 Å². The van der Waals surface area contributed by atoms with Crippen LogP contribution in [0.5, 0.6) is 17.2 Å². The maximum Gasteiger partial charge on any atom is 0.311 e. The number of anilines is 1. The SMILES string of the molecule is Cc1ccc(OC(=O)CCC(=O)Nc2ccc(Oc3ccccc3)cc2)cc1. The number of hydrogen-bond donors (Lipinski definition) is 1. The predicted molar refractivity (Wildman–Crippen MR) is 108 cm³/mol. The van der Waals surface area contributed by atoms with Crippen LogP contribution in [0.3, 0.4) is 0 Å². The highest BCUT2D eigenvalue weighted by atomic mass is 16.5. The van der Waals surface area contributed by atoms with Gasteiger partial charge in [-0.2, -0.15) is 0 Å². The van der Waals surface area contributed by atoms with Crippen LogP contribution in [0.15, 0.2) is 78.9 Å². The van der Waals surface area contributed by atoms with Crippen molar-refractivity contribution >= 4 is 17.6 Å². The number of aryl methyl sites for hydroxylation is 1. The summed E-state index contributed by atoms with van der Waals surface area (Å²) in [7, 11) is 0. The number of nitrogens with one attached hydrogen (secondary N) is 1. The molecular weight excluding hydrogens is 354 g/mol. The maximum atomic E-state index is 12.0. The first-order valence-corrected chi connectivity index (χ1v) is 8.99. The van der Waals surface area contributed by atoms with Gasteiger partial charge in [0.2, 0.25) is 5.91 Å². The molecule has 0 heterocycles. The van der Waals surface area contributed by atoms with E-state index < -0.39 is 5.97 Å². The topological polar surface area (TPSA) is 64.6 Å². The molecule has 1 amide bonds. The lowest BCUT2D eigenvalue weighted by molar-refractivity contribution is -0.135. The molecule has 5 heteroatoms. The Labute approximate surface area is 163 Å². The molecule has 5 nitrogen and oxygen atoms in total. The normalized spacial score (nSPS) is 10.2. The summed E-state index contributed by atoms with van der Waals surface area (Å²) in [4.78, 5) is 23.9. The molecule has 142 valence electrons. The first-order chi connectivity index (χ1) is 13.6. The molecule has 28 heavy (non-hydrogen) atoms. The molecule has 0 aliphatic heterocycles. The Hall–Kier alpha value is -3.60. The summed E-state index contributed by atoms with van der Waals surface area (Å²) < 4.78 is 10.9. The Bertz CT molecular complexity index is 919. The second-order valence-corrected chi connectivity index (χ2v) is 6.27. The van der Waals surface area contributed by atoms with Crippen molar-refractivity contribution in [1.82, 2.24) is 0 Å². The van der Waals surface area contributed by atoms with Gasteiger partial charge < -0.3 is 14.8 Å². The van der Waals surface area contributed by atoms with E-state index in [-0.39, 0.29) is 18.7 Å². The number of rotatable bonds is 7. The average Bonchev–Trinajstić information content (AvgIpc) is 2.70. The molecular formula is C23H21NO4. The Morgan fingerprint density at radius 1 is 0.750 bits per heavy atom. The van der Waals surface area contributed by atoms with Gasteiger partial charge in [0, 0.05) is 12.1 Å². The highest BCUT2D eigenvalue weighted by Gasteiger charge is 2.10. The summed E-state index contributed by atoms with van der Waals surface area (Å²) >= 11 is 0. The molecule has 3 rings (SSSR count). The third kappa shape index (κ3) is 5.99. The number of ether oxygens (including phenoxy) is 2. The minimum Gasteiger partial charge on any atom is -0.457 e. The number of amides is 1. The van der Waals surface area contributed by atoms with E-state index in [1.807, 2.05) is 49.4 Å². The molecule has 3 aromatic rings. The third-order valence-corrected chi connectivity index (χ3v) is 3.93. The molecule has 0 saturated heterocycles. The Morgan fingerprint density at radius 3 is 2.04 bits per heavy atom. The van der Waals surface area contributed by atoms with Crippen LogP contribution in [0.1, 0.15) is 18.4 Å². The average molecular weight is 375 g/mol. The van der Waals surface area contributed by atoms with Gasteiger partial charge in [-0.3, -0.25) is 9.59 Å². The van der Waals surface area contributed by atoms with Gasteiger partial charge in [0.1, 0.15) is 17.2 Å². The summed E-state index contributed by atoms with van der Waals surface area (Å²) in [6.45, 7) is 1.95. The lowest BCUT2D eigenvalue weighted by atomic mass is 10.2. The molecule has 0 spiro atoms. The zero-order valence-corrected chi connectivity index (χ0v) is 15.6. The molecule has 0 radical (unpaired) electrons. The van der Waals surface area contributed by atoms with Crippen LogP contribution in [-0.2, 0) is 9.59 Å². The lowest BCUT2D eigenvalue weighted by Crippen LogP contribution is -2.15. The van der Waals surface area contributed by atoms with Crippen molar-refractivity contribution in [3.63, 3.8) is 0 Å². The van der Waals surface area contributed by atoms with E-state index in [4.69, 9.17) is 9.47 Å². The Morgan fingerprint density at radius 2 is 1.36 bits per heavy atom. The predicted octanol–water partition coefficient (Wildman–Crippen LogP) is 5.11. The monoisotopic (exact) mass is 375 g/mol. The summed E-state index contributed by atoms with van der Waals surface area (Å²) in [5.41, 5.74) is 1.72. The highest BCUT2D eigenvalue weighted by Crippen LogP contribution is 2.22. The van der Waals surface area contributed by atoms with Crippen LogP contribution in [0, 0.1) is 6.92 Å². The van der Waals surface area contributed by atoms with Gasteiger partial charge in [-0.15, -0.1) is 0 Å². The zero-order chi connectivity index (χ0) is 19.8. The van der Waals surface area contributed by atoms with E-state index in [0.717, 1.165) is 11.3 Å². The van der Waals surface area contributed by atoms with Gasteiger partial charge in [0.05, 0.1) is 6.42 Å². The molecule has 1 N–H and O–H groups in total. The number of esters is 1. The number of carbonyl (C=O) groups is 2. The van der Waals surface area contributed by atoms with Crippen LogP contribution in [0.2, 0.25) is 0 Å². The number of para-hydroxylation sites is 1. The van der Waals surface area contributed by atoms with Crippen molar-refractivity contribution in [2.45, 2.75) is 19.8 Å². The molecule has 0 unspecified atom stereocenters. The fourth-order valence-electron chi connectivity index (χ4n) is 2.46. The molecule has 0 saturated carbocycles. The minimum absolute atomic E-state index is 0.00884. The molecule has 0 aliphatic rings. The van der Waals surface area contributed by atoms with Crippen LogP contribution >= 0.6 is 0 Å². The summed E-state index contributed by atoms with van der Waals surface area (Å²) in [5, 5.41) is 2.76. The first kappa shape index (κ1) is 19.2. The van der Waals surface area contributed by atoms with E-state index in [2.05, 4.69) is 5.32 Å². The summed E-state index contributed by atoms with van der Waals surface area (Å²) in [6, 6.07) is 23.7. The van der Waals surface area contributed by atoms with Crippen molar-refractivity contribution in [3.8, 4) is 17.2 Å². The zero-order valence-electron chi connectivity index (χ0n) is 15.6. The van der Waals surface area contributed by atoms with Crippen LogP contribution in [0.25, 0.3) is 0 Å². The minimum atomic E-state index is -0.439. The second kappa shape index (κ2) is 9.37. The van der Waals surface area contributed by atoms with E-state index in [1.54, 1.807) is 36.4 Å². The van der Waals surface area contributed by atoms with E-state index in [1.165, 1.54) is 0 Å². The second-order valence-electron chi connectivity index (χ2n) is 6.27. The molecule has 0 atom stereocenters. The molecule has 3 aromatic carbocycles. The van der Waals surface area contributed by atoms with Crippen molar-refractivity contribution in [2.75, 3.05) is 5.32 Å². The van der Waals surface area contributed by atoms with Gasteiger partial charge in [-0.25, -0.2) is 0 Å². The van der Waals surface area contributed by atoms with Gasteiger partial charge in [-0.05, 0) is 55.5 Å². The number of benzene rings is 3. The quantitative estimate of drug-likeness (QED) is 0.460. The van der Waals surface area contributed by atoms with Gasteiger partial charge in [0.25, 0.3) is 0 Å². The summed E-state index contributed by atoms with van der Waals surface area (Å²) in [5.74, 6) is 1.20. The van der Waals surface area contributed by atoms with Crippen LogP contribution < -0.4 is 14.8 Å². The Balaban J connectivity index is 1.44. The standard InChI is InChI=1S/C23H21NO4/c1-17-7-11-21(12-8-17)28-23(26)16-15-22(25)24-18-9-13-20(14-10-18)27-19-5-3-2-4-6-19/h2-14H,15-16H2,1H3,(H,24,25). The van der Waals surface area contributed by atoms with Crippen molar-refractivity contribution in [1.29, 1.82) is 0 Å². The molecule has 0 bridgehead atoms. The largest absolute Gasteiger partial charge is 0.457 e. The first-order valence-electron chi connectivity index (χ1n) is 8.99. The van der Waals surface area contributed by atoms with Gasteiger partial charge >= 0.3 is 5.97 Å². The Kier molecular flexibility index (Phi) is 6.41. The molecule has 0 aromatic heterocycles. The van der Waals surface area contributed by atoms with Gasteiger partial charge in [-0.1, -0.05) is 35.9 Å². The third-order valence-electron chi connectivity index (χ3n) is 3.93. The smallest absolute Gasteiger partial charge is 0.311 e. The fourth-order valence-corrected chi connectivity index (χ4v) is 2.46. The van der Waals surface area contributed by atoms with E-state index >= 15 is 0 Å². The molecule has 0 fully saturated rings. The van der Waals surface area contributed by atoms with Crippen molar-refractivity contribution < 1.29 is 19.1 Å². The highest BCUT2D eigenvalue weighted by molar-refractivity contribution is 5.92. The van der Waals surface area contributed by atoms with Crippen LogP contribution in [0.4, 0.5) is 5.69 Å². The number of carbonyl (C=O) groups excluding carboxylic acids is 2.